The number of aromatic nitrogens is 1. The van der Waals surface area contributed by atoms with Crippen molar-refractivity contribution in [2.24, 2.45) is 0 Å². The van der Waals surface area contributed by atoms with Gasteiger partial charge in [-0.1, -0.05) is 15.9 Å². The first-order valence-electron chi connectivity index (χ1n) is 4.53. The maximum absolute atomic E-state index is 10.9. The fourth-order valence-electron chi connectivity index (χ4n) is 1.36. The standard InChI is InChI=1S/C11H7BrClNO2/c12-9-2-1-7(11-14-3-4-16-11)5-8(9)6-10(13)15/h1-5H,6H2. The second-order valence-electron chi connectivity index (χ2n) is 3.18. The minimum absolute atomic E-state index is 0.177. The van der Waals surface area contributed by atoms with Gasteiger partial charge in [-0.05, 0) is 35.4 Å². The molecule has 3 nitrogen and oxygen atoms in total. The molecule has 0 atom stereocenters. The zero-order chi connectivity index (χ0) is 11.5. The summed E-state index contributed by atoms with van der Waals surface area (Å²) < 4.78 is 6.02. The Morgan fingerprint density at radius 1 is 1.50 bits per heavy atom. The van der Waals surface area contributed by atoms with Crippen LogP contribution in [0.1, 0.15) is 5.56 Å². The highest BCUT2D eigenvalue weighted by molar-refractivity contribution is 9.10. The molecule has 1 heterocycles. The van der Waals surface area contributed by atoms with Crippen LogP contribution in [0.3, 0.4) is 0 Å². The van der Waals surface area contributed by atoms with Crippen LogP contribution in [0.4, 0.5) is 0 Å². The smallest absolute Gasteiger partial charge is 0.226 e. The molecule has 0 radical (unpaired) electrons. The largest absolute Gasteiger partial charge is 0.445 e. The van der Waals surface area contributed by atoms with Gasteiger partial charge in [-0.25, -0.2) is 4.98 Å². The van der Waals surface area contributed by atoms with Crippen LogP contribution in [0.2, 0.25) is 0 Å². The summed E-state index contributed by atoms with van der Waals surface area (Å²) in [5.74, 6) is 0.524. The molecular formula is C11H7BrClNO2. The lowest BCUT2D eigenvalue weighted by Gasteiger charge is -2.03. The van der Waals surface area contributed by atoms with Crippen LogP contribution in [0.25, 0.3) is 11.5 Å². The van der Waals surface area contributed by atoms with E-state index < -0.39 is 5.24 Å². The second-order valence-corrected chi connectivity index (χ2v) is 4.45. The predicted octanol–water partition coefficient (Wildman–Crippen LogP) is 3.41. The molecule has 16 heavy (non-hydrogen) atoms. The van der Waals surface area contributed by atoms with E-state index in [1.54, 1.807) is 6.20 Å². The summed E-state index contributed by atoms with van der Waals surface area (Å²) in [6.07, 6.45) is 3.25. The van der Waals surface area contributed by atoms with Gasteiger partial charge in [0.15, 0.2) is 0 Å². The van der Waals surface area contributed by atoms with E-state index in [0.717, 1.165) is 15.6 Å². The quantitative estimate of drug-likeness (QED) is 0.816. The Kier molecular flexibility index (Phi) is 3.41. The highest BCUT2D eigenvalue weighted by atomic mass is 79.9. The molecule has 5 heteroatoms. The first-order chi connectivity index (χ1) is 7.66. The first-order valence-corrected chi connectivity index (χ1v) is 5.70. The normalized spacial score (nSPS) is 10.4. The lowest BCUT2D eigenvalue weighted by Crippen LogP contribution is -1.95. The second kappa shape index (κ2) is 4.80. The fourth-order valence-corrected chi connectivity index (χ4v) is 1.89. The van der Waals surface area contributed by atoms with Crippen LogP contribution >= 0.6 is 27.5 Å². The van der Waals surface area contributed by atoms with Crippen molar-refractivity contribution in [1.82, 2.24) is 4.98 Å². The SMILES string of the molecule is O=C(Cl)Cc1cc(-c2ncco2)ccc1Br. The Bertz CT molecular complexity index is 511. The van der Waals surface area contributed by atoms with E-state index in [0.29, 0.717) is 5.89 Å². The number of rotatable bonds is 3. The topological polar surface area (TPSA) is 43.1 Å². The Morgan fingerprint density at radius 3 is 2.94 bits per heavy atom. The fraction of sp³-hybridized carbons (Fsp3) is 0.0909. The van der Waals surface area contributed by atoms with Crippen LogP contribution in [0.5, 0.6) is 0 Å². The van der Waals surface area contributed by atoms with Crippen molar-refractivity contribution in [3.8, 4) is 11.5 Å². The molecule has 0 unspecified atom stereocenters. The maximum atomic E-state index is 10.9. The third kappa shape index (κ3) is 2.51. The molecule has 0 amide bonds. The minimum atomic E-state index is -0.398. The molecule has 0 saturated heterocycles. The number of carbonyl (C=O) groups is 1. The maximum Gasteiger partial charge on any atom is 0.226 e. The molecule has 1 aromatic carbocycles. The number of carbonyl (C=O) groups excluding carboxylic acids is 1. The molecule has 2 rings (SSSR count). The zero-order valence-corrected chi connectivity index (χ0v) is 10.5. The zero-order valence-electron chi connectivity index (χ0n) is 8.11. The molecular weight excluding hydrogens is 293 g/mol. The lowest BCUT2D eigenvalue weighted by molar-refractivity contribution is -0.111. The van der Waals surface area contributed by atoms with Crippen molar-refractivity contribution in [2.75, 3.05) is 0 Å². The van der Waals surface area contributed by atoms with Gasteiger partial charge >= 0.3 is 0 Å². The summed E-state index contributed by atoms with van der Waals surface area (Å²) in [5, 5.41) is -0.398. The summed E-state index contributed by atoms with van der Waals surface area (Å²) in [6.45, 7) is 0. The average molecular weight is 301 g/mol. The van der Waals surface area contributed by atoms with Crippen molar-refractivity contribution >= 4 is 32.8 Å². The van der Waals surface area contributed by atoms with Crippen molar-refractivity contribution in [3.05, 3.63) is 40.7 Å². The molecule has 2 aromatic rings. The van der Waals surface area contributed by atoms with Crippen molar-refractivity contribution in [1.29, 1.82) is 0 Å². The van der Waals surface area contributed by atoms with Gasteiger partial charge < -0.3 is 4.42 Å². The summed E-state index contributed by atoms with van der Waals surface area (Å²) in [7, 11) is 0. The molecule has 82 valence electrons. The molecule has 0 bridgehead atoms. The van der Waals surface area contributed by atoms with Gasteiger partial charge in [-0.3, -0.25) is 4.79 Å². The summed E-state index contributed by atoms with van der Waals surface area (Å²) >= 11 is 8.72. The number of hydrogen-bond acceptors (Lipinski definition) is 3. The highest BCUT2D eigenvalue weighted by Crippen LogP contribution is 2.25. The van der Waals surface area contributed by atoms with E-state index >= 15 is 0 Å². The number of oxazole rings is 1. The predicted molar refractivity (Wildman–Crippen MR) is 64.2 cm³/mol. The number of nitrogens with zero attached hydrogens (tertiary/aromatic N) is 1. The minimum Gasteiger partial charge on any atom is -0.445 e. The Hall–Kier alpha value is -1.13. The van der Waals surface area contributed by atoms with Gasteiger partial charge in [-0.2, -0.15) is 0 Å². The number of hydrogen-bond donors (Lipinski definition) is 0. The molecule has 0 aliphatic carbocycles. The third-order valence-corrected chi connectivity index (χ3v) is 2.96. The molecule has 0 fully saturated rings. The van der Waals surface area contributed by atoms with Crippen molar-refractivity contribution in [2.45, 2.75) is 6.42 Å². The van der Waals surface area contributed by atoms with Crippen molar-refractivity contribution < 1.29 is 9.21 Å². The van der Waals surface area contributed by atoms with E-state index in [9.17, 15) is 4.79 Å². The van der Waals surface area contributed by atoms with Crippen LogP contribution in [0.15, 0.2) is 39.5 Å². The molecule has 0 aliphatic heterocycles. The summed E-state index contributed by atoms with van der Waals surface area (Å²) in [6, 6.07) is 5.53. The van der Waals surface area contributed by atoms with Gasteiger partial charge in [0.1, 0.15) is 6.26 Å². The average Bonchev–Trinajstić information content (AvgIpc) is 2.73. The van der Waals surface area contributed by atoms with E-state index in [1.165, 1.54) is 6.26 Å². The number of benzene rings is 1. The van der Waals surface area contributed by atoms with Gasteiger partial charge in [0, 0.05) is 16.5 Å². The Balaban J connectivity index is 2.39. The lowest BCUT2D eigenvalue weighted by atomic mass is 10.1. The third-order valence-electron chi connectivity index (χ3n) is 2.05. The van der Waals surface area contributed by atoms with E-state index in [4.69, 9.17) is 16.0 Å². The number of halogens is 2. The van der Waals surface area contributed by atoms with E-state index in [1.807, 2.05) is 18.2 Å². The van der Waals surface area contributed by atoms with Crippen LogP contribution in [0, 0.1) is 0 Å². The molecule has 1 aromatic heterocycles. The molecule has 0 aliphatic rings. The monoisotopic (exact) mass is 299 g/mol. The van der Waals surface area contributed by atoms with E-state index in [-0.39, 0.29) is 6.42 Å². The van der Waals surface area contributed by atoms with Crippen molar-refractivity contribution in [3.63, 3.8) is 0 Å². The van der Waals surface area contributed by atoms with Gasteiger partial charge in [0.25, 0.3) is 0 Å². The summed E-state index contributed by atoms with van der Waals surface area (Å²) in [4.78, 5) is 14.9. The summed E-state index contributed by atoms with van der Waals surface area (Å²) in [5.41, 5.74) is 1.64. The molecule has 0 N–H and O–H groups in total. The van der Waals surface area contributed by atoms with E-state index in [2.05, 4.69) is 20.9 Å². The first kappa shape index (κ1) is 11.4. The van der Waals surface area contributed by atoms with Crippen LogP contribution in [-0.2, 0) is 11.2 Å². The van der Waals surface area contributed by atoms with Gasteiger partial charge in [0.05, 0.1) is 6.20 Å². The van der Waals surface area contributed by atoms with Gasteiger partial charge in [0.2, 0.25) is 11.1 Å². The highest BCUT2D eigenvalue weighted by Gasteiger charge is 2.08. The molecule has 0 saturated carbocycles. The van der Waals surface area contributed by atoms with Gasteiger partial charge in [-0.15, -0.1) is 0 Å². The van der Waals surface area contributed by atoms with Crippen LogP contribution < -0.4 is 0 Å². The Morgan fingerprint density at radius 2 is 2.31 bits per heavy atom. The Labute approximate surface area is 106 Å². The van der Waals surface area contributed by atoms with Crippen LogP contribution in [-0.4, -0.2) is 10.2 Å². The molecule has 0 spiro atoms.